The second kappa shape index (κ2) is 5.24. The van der Waals surface area contributed by atoms with Crippen molar-refractivity contribution in [3.63, 3.8) is 0 Å². The minimum Gasteiger partial charge on any atom is -0.207 e. The van der Waals surface area contributed by atoms with Crippen molar-refractivity contribution in [1.82, 2.24) is 5.10 Å². The highest BCUT2D eigenvalue weighted by Gasteiger charge is 2.21. The van der Waals surface area contributed by atoms with Crippen LogP contribution in [0.5, 0.6) is 0 Å². The van der Waals surface area contributed by atoms with Crippen LogP contribution in [0.2, 0.25) is 0 Å². The molecule has 3 rings (SSSR count). The lowest BCUT2D eigenvalue weighted by atomic mass is 10.1. The van der Waals surface area contributed by atoms with E-state index in [-0.39, 0.29) is 5.69 Å². The summed E-state index contributed by atoms with van der Waals surface area (Å²) in [6.45, 7) is 0. The molecule has 0 radical (unpaired) electrons. The Hall–Kier alpha value is -2.89. The number of aromatic amines is 1. The lowest BCUT2D eigenvalue weighted by Gasteiger charge is -1.99. The van der Waals surface area contributed by atoms with Crippen molar-refractivity contribution in [2.45, 2.75) is 0 Å². The van der Waals surface area contributed by atoms with E-state index < -0.39 is 11.6 Å². The van der Waals surface area contributed by atoms with E-state index >= 15 is 0 Å². The van der Waals surface area contributed by atoms with E-state index in [1.165, 1.54) is 16.8 Å². The van der Waals surface area contributed by atoms with Crippen molar-refractivity contribution in [2.75, 3.05) is 0 Å². The lowest BCUT2D eigenvalue weighted by molar-refractivity contribution is -0.646. The van der Waals surface area contributed by atoms with E-state index in [1.807, 2.05) is 0 Å². The highest BCUT2D eigenvalue weighted by atomic mass is 19.1. The minimum absolute atomic E-state index is 0.203. The third-order valence-electron chi connectivity index (χ3n) is 3.10. The van der Waals surface area contributed by atoms with E-state index in [0.29, 0.717) is 11.4 Å². The third-order valence-corrected chi connectivity index (χ3v) is 3.10. The molecule has 0 unspecified atom stereocenters. The Labute approximate surface area is 118 Å². The zero-order valence-corrected chi connectivity index (χ0v) is 10.8. The second-order valence-electron chi connectivity index (χ2n) is 4.42. The maximum atomic E-state index is 13.9. The summed E-state index contributed by atoms with van der Waals surface area (Å²) in [6.07, 6.45) is 1.64. The SMILES string of the molecule is O=Nc1ccc(-c2cc[nH][n+]2-c2ccc(F)cc2F)cc1. The molecule has 4 nitrogen and oxygen atoms in total. The van der Waals surface area contributed by atoms with Crippen molar-refractivity contribution in [2.24, 2.45) is 5.18 Å². The summed E-state index contributed by atoms with van der Waals surface area (Å²) in [5.41, 5.74) is 1.97. The number of nitroso groups, excluding NO2 is 1. The number of hydrogen-bond donors (Lipinski definition) is 1. The van der Waals surface area contributed by atoms with Gasteiger partial charge >= 0.3 is 0 Å². The van der Waals surface area contributed by atoms with Crippen LogP contribution < -0.4 is 4.68 Å². The van der Waals surface area contributed by atoms with Crippen LogP contribution in [0.4, 0.5) is 14.5 Å². The maximum absolute atomic E-state index is 13.9. The first kappa shape index (κ1) is 13.1. The van der Waals surface area contributed by atoms with Crippen molar-refractivity contribution in [3.05, 3.63) is 71.3 Å². The molecule has 0 aliphatic rings. The predicted octanol–water partition coefficient (Wildman–Crippen LogP) is 3.63. The molecule has 1 N–H and O–H groups in total. The van der Waals surface area contributed by atoms with Gasteiger partial charge in [-0.15, -0.1) is 4.91 Å². The highest BCUT2D eigenvalue weighted by molar-refractivity contribution is 5.59. The number of nitrogens with one attached hydrogen (secondary N) is 1. The first-order valence-corrected chi connectivity index (χ1v) is 6.18. The van der Waals surface area contributed by atoms with E-state index in [0.717, 1.165) is 11.6 Å². The third kappa shape index (κ3) is 2.43. The van der Waals surface area contributed by atoms with Crippen LogP contribution in [-0.2, 0) is 0 Å². The van der Waals surface area contributed by atoms with Crippen molar-refractivity contribution < 1.29 is 13.5 Å². The number of hydrogen-bond acceptors (Lipinski definition) is 2. The fourth-order valence-electron chi connectivity index (χ4n) is 2.12. The maximum Gasteiger partial charge on any atom is 0.271 e. The Morgan fingerprint density at radius 2 is 1.76 bits per heavy atom. The summed E-state index contributed by atoms with van der Waals surface area (Å²) < 4.78 is 28.4. The van der Waals surface area contributed by atoms with Gasteiger partial charge in [-0.1, -0.05) is 4.68 Å². The molecule has 1 aromatic heterocycles. The monoisotopic (exact) mass is 286 g/mol. The van der Waals surface area contributed by atoms with Crippen LogP contribution in [0.25, 0.3) is 16.9 Å². The Bertz CT molecular complexity index is 797. The number of aromatic nitrogens is 2. The molecule has 0 spiro atoms. The van der Waals surface area contributed by atoms with Gasteiger partial charge in [0, 0.05) is 23.8 Å². The van der Waals surface area contributed by atoms with Gasteiger partial charge in [0.15, 0.2) is 5.82 Å². The second-order valence-corrected chi connectivity index (χ2v) is 4.42. The molecule has 0 aliphatic heterocycles. The van der Waals surface area contributed by atoms with Crippen molar-refractivity contribution >= 4 is 5.69 Å². The number of nitrogens with zero attached hydrogens (tertiary/aromatic N) is 2. The first-order chi connectivity index (χ1) is 10.2. The van der Waals surface area contributed by atoms with Crippen molar-refractivity contribution in [1.29, 1.82) is 0 Å². The summed E-state index contributed by atoms with van der Waals surface area (Å²) in [6, 6.07) is 11.7. The van der Waals surface area contributed by atoms with E-state index in [1.54, 1.807) is 36.5 Å². The van der Waals surface area contributed by atoms with Crippen LogP contribution in [0.1, 0.15) is 0 Å². The Kier molecular flexibility index (Phi) is 3.27. The quantitative estimate of drug-likeness (QED) is 0.580. The smallest absolute Gasteiger partial charge is 0.207 e. The van der Waals surface area contributed by atoms with E-state index in [9.17, 15) is 13.7 Å². The summed E-state index contributed by atoms with van der Waals surface area (Å²) in [7, 11) is 0. The largest absolute Gasteiger partial charge is 0.271 e. The van der Waals surface area contributed by atoms with Crippen LogP contribution in [0, 0.1) is 16.5 Å². The van der Waals surface area contributed by atoms with E-state index in [4.69, 9.17) is 0 Å². The predicted molar refractivity (Wildman–Crippen MR) is 73.1 cm³/mol. The Morgan fingerprint density at radius 1 is 1.00 bits per heavy atom. The molecule has 104 valence electrons. The van der Waals surface area contributed by atoms with Gasteiger partial charge < -0.3 is 0 Å². The molecule has 3 aromatic rings. The number of rotatable bonds is 3. The standard InChI is InChI=1S/C15H9F2N3O/c16-11-3-6-15(13(17)9-11)20-14(7-8-18-20)10-1-4-12(19-21)5-2-10/h1-9H/p+1. The van der Waals surface area contributed by atoms with Gasteiger partial charge in [0.1, 0.15) is 11.5 Å². The molecule has 0 saturated heterocycles. The van der Waals surface area contributed by atoms with Crippen LogP contribution >= 0.6 is 0 Å². The molecule has 21 heavy (non-hydrogen) atoms. The topological polar surface area (TPSA) is 49.1 Å². The molecule has 6 heteroatoms. The fourth-order valence-corrected chi connectivity index (χ4v) is 2.12. The zero-order chi connectivity index (χ0) is 14.8. The first-order valence-electron chi connectivity index (χ1n) is 6.18. The molecule has 0 amide bonds. The van der Waals surface area contributed by atoms with Gasteiger partial charge in [0.25, 0.3) is 5.69 Å². The number of H-pyrrole nitrogens is 1. The lowest BCUT2D eigenvalue weighted by Crippen LogP contribution is -2.35. The number of halogens is 2. The van der Waals surface area contributed by atoms with Gasteiger partial charge in [-0.2, -0.15) is 9.49 Å². The average molecular weight is 286 g/mol. The number of benzene rings is 2. The molecular weight excluding hydrogens is 276 g/mol. The molecule has 0 saturated carbocycles. The molecule has 0 aliphatic carbocycles. The molecule has 0 fully saturated rings. The summed E-state index contributed by atoms with van der Waals surface area (Å²) in [5, 5.41) is 5.71. The van der Waals surface area contributed by atoms with Crippen LogP contribution in [-0.4, -0.2) is 5.10 Å². The Balaban J connectivity index is 2.09. The fraction of sp³-hybridized carbons (Fsp3) is 0. The van der Waals surface area contributed by atoms with Crippen LogP contribution in [0.15, 0.2) is 59.9 Å². The Morgan fingerprint density at radius 3 is 2.43 bits per heavy atom. The highest BCUT2D eigenvalue weighted by Crippen LogP contribution is 2.21. The van der Waals surface area contributed by atoms with Gasteiger partial charge in [-0.25, -0.2) is 4.39 Å². The average Bonchev–Trinajstić information content (AvgIpc) is 2.96. The molecule has 0 atom stereocenters. The van der Waals surface area contributed by atoms with Gasteiger partial charge in [0.2, 0.25) is 5.69 Å². The molecule has 2 aromatic carbocycles. The van der Waals surface area contributed by atoms with Gasteiger partial charge in [-0.05, 0) is 35.5 Å². The van der Waals surface area contributed by atoms with Crippen molar-refractivity contribution in [3.8, 4) is 16.9 Å². The summed E-state index contributed by atoms with van der Waals surface area (Å²) >= 11 is 0. The summed E-state index contributed by atoms with van der Waals surface area (Å²) in [5.74, 6) is -1.30. The van der Waals surface area contributed by atoms with Gasteiger partial charge in [-0.3, -0.25) is 0 Å². The normalized spacial score (nSPS) is 10.6. The molecular formula is C15H10F2N3O+. The zero-order valence-electron chi connectivity index (χ0n) is 10.8. The minimum atomic E-state index is -0.671. The molecule has 0 bridgehead atoms. The van der Waals surface area contributed by atoms with E-state index in [2.05, 4.69) is 10.3 Å². The molecule has 1 heterocycles. The van der Waals surface area contributed by atoms with Crippen LogP contribution in [0.3, 0.4) is 0 Å². The van der Waals surface area contributed by atoms with Gasteiger partial charge in [0.05, 0.1) is 6.20 Å². The summed E-state index contributed by atoms with van der Waals surface area (Å²) in [4.78, 5) is 10.4.